The van der Waals surface area contributed by atoms with Crippen LogP contribution in [0.5, 0.6) is 0 Å². The van der Waals surface area contributed by atoms with Crippen LogP contribution < -0.4 is 0 Å². The van der Waals surface area contributed by atoms with Crippen molar-refractivity contribution in [2.75, 3.05) is 0 Å². The van der Waals surface area contributed by atoms with Gasteiger partial charge in [0.05, 0.1) is 0 Å². The van der Waals surface area contributed by atoms with Crippen molar-refractivity contribution in [3.05, 3.63) is 0 Å². The molecule has 1 nitrogen and oxygen atoms in total. The topological polar surface area (TPSA) is 17.1 Å². The van der Waals surface area contributed by atoms with Crippen molar-refractivity contribution in [3.8, 4) is 0 Å². The Morgan fingerprint density at radius 2 is 2.12 bits per heavy atom. The molecule has 0 rings (SSSR count). The van der Waals surface area contributed by atoms with E-state index in [1.807, 2.05) is 5.76 Å². The Kier molecular flexibility index (Phi) is 4.12. The molecule has 4 heteroatoms. The summed E-state index contributed by atoms with van der Waals surface area (Å²) in [7, 11) is 11.4. The van der Waals surface area contributed by atoms with Gasteiger partial charge in [0.2, 0.25) is 0 Å². The Hall–Kier alpha value is 0.793. The summed E-state index contributed by atoms with van der Waals surface area (Å²) in [6.07, 6.45) is 1.37. The van der Waals surface area contributed by atoms with Crippen molar-refractivity contribution >= 4 is 37.7 Å². The van der Waals surface area contributed by atoms with Gasteiger partial charge in [-0.05, 0) is 0 Å². The predicted octanol–water partition coefficient (Wildman–Crippen LogP) is 2.12. The van der Waals surface area contributed by atoms with E-state index in [4.69, 9.17) is 20.0 Å². The van der Waals surface area contributed by atoms with Gasteiger partial charge in [0.15, 0.2) is 0 Å². The number of aldehydes is 1. The van der Waals surface area contributed by atoms with E-state index in [-0.39, 0.29) is 0 Å². The van der Waals surface area contributed by atoms with Gasteiger partial charge in [0.25, 0.3) is 0 Å². The molecule has 0 fully saturated rings. The summed E-state index contributed by atoms with van der Waals surface area (Å²) in [5.74, 6) is 1.85. The van der Waals surface area contributed by atoms with Crippen molar-refractivity contribution < 1.29 is 4.79 Å². The molecule has 0 aliphatic heterocycles. The van der Waals surface area contributed by atoms with Crippen LogP contribution >= 0.6 is 20.0 Å². The van der Waals surface area contributed by atoms with Crippen LogP contribution in [-0.4, -0.2) is 17.7 Å². The number of rotatable bonds is 3. The molecule has 0 bridgehead atoms. The molecule has 48 valence electrons. The monoisotopic (exact) mass is 216 g/mol. The average molecular weight is 216 g/mol. The SMILES string of the molecule is [CH3][Ge]([Cl])([Cl])[CH2]CC=O. The van der Waals surface area contributed by atoms with Crippen LogP contribution in [0.2, 0.25) is 11.0 Å². The fourth-order valence-electron chi connectivity index (χ4n) is 0.312. The molecule has 0 radical (unpaired) electrons. The molecule has 0 amide bonds. The summed E-state index contributed by atoms with van der Waals surface area (Å²) in [6.45, 7) is 0. The zero-order chi connectivity index (χ0) is 6.62. The Morgan fingerprint density at radius 3 is 2.25 bits per heavy atom. The Morgan fingerprint density at radius 1 is 1.62 bits per heavy atom. The molecule has 0 aliphatic rings. The third-order valence-electron chi connectivity index (χ3n) is 0.701. The fraction of sp³-hybridized carbons (Fsp3) is 0.750. The van der Waals surface area contributed by atoms with Crippen LogP contribution in [0.4, 0.5) is 0 Å². The minimum absolute atomic E-state index is 0.517. The first-order chi connectivity index (χ1) is 3.56. The van der Waals surface area contributed by atoms with E-state index in [1.165, 1.54) is 0 Å². The summed E-state index contributed by atoms with van der Waals surface area (Å²) in [5, 5.41) is 0.715. The number of hydrogen-bond acceptors (Lipinski definition) is 1. The second-order valence-corrected chi connectivity index (χ2v) is 17.0. The molecule has 0 unspecified atom stereocenters. The van der Waals surface area contributed by atoms with E-state index in [0.29, 0.717) is 11.7 Å². The molecule has 0 spiro atoms. The molecular formula is C4H8Cl2GeO. The van der Waals surface area contributed by atoms with Crippen molar-refractivity contribution in [1.82, 2.24) is 0 Å². The zero-order valence-electron chi connectivity index (χ0n) is 4.66. The molecule has 0 saturated carbocycles. The van der Waals surface area contributed by atoms with Gasteiger partial charge in [0.1, 0.15) is 0 Å². The predicted molar refractivity (Wildman–Crippen MR) is 38.8 cm³/mol. The van der Waals surface area contributed by atoms with Gasteiger partial charge in [-0.3, -0.25) is 0 Å². The number of halogens is 2. The van der Waals surface area contributed by atoms with E-state index >= 15 is 0 Å². The molecule has 0 saturated heterocycles. The van der Waals surface area contributed by atoms with Crippen molar-refractivity contribution in [1.29, 1.82) is 0 Å². The third-order valence-corrected chi connectivity index (χ3v) is 5.11. The number of carbonyl (C=O) groups excluding carboxylic acids is 1. The van der Waals surface area contributed by atoms with E-state index in [0.717, 1.165) is 6.29 Å². The second kappa shape index (κ2) is 3.75. The van der Waals surface area contributed by atoms with Crippen LogP contribution in [-0.2, 0) is 4.79 Å². The minimum atomic E-state index is -2.40. The van der Waals surface area contributed by atoms with Crippen LogP contribution in [0.15, 0.2) is 0 Å². The molecule has 8 heavy (non-hydrogen) atoms. The molecular weight excluding hydrogens is 208 g/mol. The normalized spacial score (nSPS) is 11.4. The van der Waals surface area contributed by atoms with E-state index in [1.54, 1.807) is 0 Å². The number of carbonyl (C=O) groups is 1. The fourth-order valence-corrected chi connectivity index (χ4v) is 2.76. The number of hydrogen-bond donors (Lipinski definition) is 0. The average Bonchev–Trinajstić information content (AvgIpc) is 1.59. The summed E-state index contributed by atoms with van der Waals surface area (Å²) >= 11 is -2.40. The van der Waals surface area contributed by atoms with Crippen LogP contribution in [0.3, 0.4) is 0 Å². The van der Waals surface area contributed by atoms with Crippen LogP contribution in [0.25, 0.3) is 0 Å². The molecule has 0 N–H and O–H groups in total. The Balaban J connectivity index is 3.24. The van der Waals surface area contributed by atoms with Gasteiger partial charge in [-0.15, -0.1) is 0 Å². The molecule has 0 aromatic heterocycles. The molecule has 0 aliphatic carbocycles. The third kappa shape index (κ3) is 6.79. The molecule has 0 atom stereocenters. The van der Waals surface area contributed by atoms with Gasteiger partial charge >= 0.3 is 59.9 Å². The van der Waals surface area contributed by atoms with Crippen molar-refractivity contribution in [3.63, 3.8) is 0 Å². The van der Waals surface area contributed by atoms with Gasteiger partial charge in [-0.25, -0.2) is 0 Å². The van der Waals surface area contributed by atoms with Gasteiger partial charge in [0, 0.05) is 0 Å². The summed E-state index contributed by atoms with van der Waals surface area (Å²) in [6, 6.07) is 0. The first-order valence-corrected chi connectivity index (χ1v) is 11.5. The van der Waals surface area contributed by atoms with Crippen molar-refractivity contribution in [2.45, 2.75) is 17.4 Å². The van der Waals surface area contributed by atoms with E-state index < -0.39 is 11.4 Å². The first kappa shape index (κ1) is 8.79. The van der Waals surface area contributed by atoms with E-state index in [2.05, 4.69) is 0 Å². The summed E-state index contributed by atoms with van der Waals surface area (Å²) in [5.41, 5.74) is 0. The Labute approximate surface area is 60.1 Å². The summed E-state index contributed by atoms with van der Waals surface area (Å²) < 4.78 is 0. The van der Waals surface area contributed by atoms with Gasteiger partial charge in [-0.1, -0.05) is 0 Å². The van der Waals surface area contributed by atoms with Gasteiger partial charge < -0.3 is 0 Å². The standard InChI is InChI=1S/C4H8Cl2GeO/c1-7(5,6)3-2-4-8/h4H,2-3H2,1H3. The Bertz CT molecular complexity index is 78.6. The molecule has 0 heterocycles. The zero-order valence-corrected chi connectivity index (χ0v) is 8.27. The maximum atomic E-state index is 9.76. The molecule has 0 aromatic carbocycles. The van der Waals surface area contributed by atoms with E-state index in [9.17, 15) is 4.79 Å². The quantitative estimate of drug-likeness (QED) is 0.521. The first-order valence-electron chi connectivity index (χ1n) is 2.38. The van der Waals surface area contributed by atoms with Crippen LogP contribution in [0, 0.1) is 0 Å². The van der Waals surface area contributed by atoms with Crippen LogP contribution in [0.1, 0.15) is 6.42 Å². The maximum absolute atomic E-state index is 9.76. The second-order valence-electron chi connectivity index (χ2n) is 1.78. The summed E-state index contributed by atoms with van der Waals surface area (Å²) in [4.78, 5) is 9.76. The van der Waals surface area contributed by atoms with Crippen molar-refractivity contribution in [2.24, 2.45) is 0 Å². The van der Waals surface area contributed by atoms with Gasteiger partial charge in [-0.2, -0.15) is 0 Å². The molecule has 0 aromatic rings.